The van der Waals surface area contributed by atoms with E-state index in [9.17, 15) is 4.79 Å². The van der Waals surface area contributed by atoms with Crippen LogP contribution in [0.1, 0.15) is 29.3 Å². The highest BCUT2D eigenvalue weighted by Gasteiger charge is 2.06. The van der Waals surface area contributed by atoms with Gasteiger partial charge in [-0.05, 0) is 47.4 Å². The lowest BCUT2D eigenvalue weighted by Crippen LogP contribution is -2.25. The SMILES string of the molecule is CCCNc1cc(C(=O)NCCc2ccsc2)ccn1. The van der Waals surface area contributed by atoms with Crippen LogP contribution in [0.15, 0.2) is 35.2 Å². The molecule has 2 rings (SSSR count). The van der Waals surface area contributed by atoms with E-state index in [-0.39, 0.29) is 5.91 Å². The van der Waals surface area contributed by atoms with Crippen molar-refractivity contribution in [1.82, 2.24) is 10.3 Å². The van der Waals surface area contributed by atoms with Gasteiger partial charge in [0.25, 0.3) is 5.91 Å². The van der Waals surface area contributed by atoms with Crippen molar-refractivity contribution in [1.29, 1.82) is 0 Å². The molecule has 0 aromatic carbocycles. The Balaban J connectivity index is 1.85. The van der Waals surface area contributed by atoms with E-state index in [1.165, 1.54) is 5.56 Å². The Labute approximate surface area is 123 Å². The standard InChI is InChI=1S/C15H19N3OS/c1-2-6-16-14-10-13(4-8-17-14)15(19)18-7-3-12-5-9-20-11-12/h4-5,8-11H,2-3,6-7H2,1H3,(H,16,17)(H,18,19). The summed E-state index contributed by atoms with van der Waals surface area (Å²) in [5, 5.41) is 10.3. The van der Waals surface area contributed by atoms with Gasteiger partial charge in [-0.2, -0.15) is 11.3 Å². The van der Waals surface area contributed by atoms with Gasteiger partial charge in [0.15, 0.2) is 0 Å². The largest absolute Gasteiger partial charge is 0.370 e. The van der Waals surface area contributed by atoms with Crippen LogP contribution in [0.3, 0.4) is 0 Å². The lowest BCUT2D eigenvalue weighted by Gasteiger charge is -2.07. The fourth-order valence-electron chi connectivity index (χ4n) is 1.78. The van der Waals surface area contributed by atoms with E-state index in [2.05, 4.69) is 34.0 Å². The monoisotopic (exact) mass is 289 g/mol. The van der Waals surface area contributed by atoms with Crippen LogP contribution < -0.4 is 10.6 Å². The Kier molecular flexibility index (Phi) is 5.55. The number of rotatable bonds is 7. The minimum absolute atomic E-state index is 0.0535. The van der Waals surface area contributed by atoms with Crippen molar-refractivity contribution in [3.63, 3.8) is 0 Å². The first-order valence-corrected chi connectivity index (χ1v) is 7.73. The van der Waals surface area contributed by atoms with E-state index in [1.807, 2.05) is 5.38 Å². The molecule has 0 spiro atoms. The predicted octanol–water partition coefficient (Wildman–Crippen LogP) is 2.94. The molecule has 0 fully saturated rings. The number of hydrogen-bond donors (Lipinski definition) is 2. The van der Waals surface area contributed by atoms with Gasteiger partial charge in [0.05, 0.1) is 0 Å². The summed E-state index contributed by atoms with van der Waals surface area (Å²) >= 11 is 1.68. The molecule has 0 aliphatic rings. The second kappa shape index (κ2) is 7.65. The number of anilines is 1. The molecule has 5 heteroatoms. The van der Waals surface area contributed by atoms with Crippen LogP contribution in [0.5, 0.6) is 0 Å². The zero-order valence-electron chi connectivity index (χ0n) is 11.6. The van der Waals surface area contributed by atoms with Crippen molar-refractivity contribution in [2.24, 2.45) is 0 Å². The highest BCUT2D eigenvalue weighted by Crippen LogP contribution is 2.08. The first-order valence-electron chi connectivity index (χ1n) is 6.79. The Morgan fingerprint density at radius 1 is 1.35 bits per heavy atom. The van der Waals surface area contributed by atoms with Crippen molar-refractivity contribution in [3.05, 3.63) is 46.3 Å². The van der Waals surface area contributed by atoms with Crippen LogP contribution in [-0.2, 0) is 6.42 Å². The maximum absolute atomic E-state index is 12.0. The maximum Gasteiger partial charge on any atom is 0.251 e. The van der Waals surface area contributed by atoms with Gasteiger partial charge in [-0.25, -0.2) is 4.98 Å². The summed E-state index contributed by atoms with van der Waals surface area (Å²) in [6.07, 6.45) is 3.55. The Hall–Kier alpha value is -1.88. The van der Waals surface area contributed by atoms with Crippen molar-refractivity contribution < 1.29 is 4.79 Å². The van der Waals surface area contributed by atoms with E-state index < -0.39 is 0 Å². The predicted molar refractivity (Wildman–Crippen MR) is 83.4 cm³/mol. The highest BCUT2D eigenvalue weighted by molar-refractivity contribution is 7.07. The van der Waals surface area contributed by atoms with Gasteiger partial charge >= 0.3 is 0 Å². The summed E-state index contributed by atoms with van der Waals surface area (Å²) in [5.74, 6) is 0.694. The number of hydrogen-bond acceptors (Lipinski definition) is 4. The minimum atomic E-state index is -0.0535. The molecule has 0 bridgehead atoms. The maximum atomic E-state index is 12.0. The summed E-state index contributed by atoms with van der Waals surface area (Å²) in [5.41, 5.74) is 1.90. The van der Waals surface area contributed by atoms with Gasteiger partial charge in [0, 0.05) is 24.8 Å². The lowest BCUT2D eigenvalue weighted by atomic mass is 10.2. The summed E-state index contributed by atoms with van der Waals surface area (Å²) in [4.78, 5) is 16.2. The smallest absolute Gasteiger partial charge is 0.251 e. The average molecular weight is 289 g/mol. The van der Waals surface area contributed by atoms with Gasteiger partial charge < -0.3 is 10.6 Å². The van der Waals surface area contributed by atoms with Crippen molar-refractivity contribution >= 4 is 23.1 Å². The molecular formula is C15H19N3OS. The van der Waals surface area contributed by atoms with Gasteiger partial charge in [0.1, 0.15) is 5.82 Å². The molecule has 106 valence electrons. The highest BCUT2D eigenvalue weighted by atomic mass is 32.1. The minimum Gasteiger partial charge on any atom is -0.370 e. The molecule has 2 aromatic rings. The number of carbonyl (C=O) groups excluding carboxylic acids is 1. The molecule has 0 atom stereocenters. The van der Waals surface area contributed by atoms with E-state index in [1.54, 1.807) is 29.7 Å². The fourth-order valence-corrected chi connectivity index (χ4v) is 2.48. The first-order chi connectivity index (χ1) is 9.79. The molecule has 0 aliphatic carbocycles. The number of nitrogens with zero attached hydrogens (tertiary/aromatic N) is 1. The van der Waals surface area contributed by atoms with Crippen molar-refractivity contribution in [3.8, 4) is 0 Å². The zero-order valence-corrected chi connectivity index (χ0v) is 12.4. The molecule has 2 heterocycles. The molecule has 0 aliphatic heterocycles. The summed E-state index contributed by atoms with van der Waals surface area (Å²) in [7, 11) is 0. The summed E-state index contributed by atoms with van der Waals surface area (Å²) in [6, 6.07) is 5.60. The van der Waals surface area contributed by atoms with Gasteiger partial charge in [0.2, 0.25) is 0 Å². The number of pyridine rings is 1. The second-order valence-electron chi connectivity index (χ2n) is 4.49. The van der Waals surface area contributed by atoms with Crippen LogP contribution in [0, 0.1) is 0 Å². The normalized spacial score (nSPS) is 10.2. The number of carbonyl (C=O) groups is 1. The molecule has 2 aromatic heterocycles. The number of aromatic nitrogens is 1. The summed E-state index contributed by atoms with van der Waals surface area (Å²) < 4.78 is 0. The molecule has 1 amide bonds. The third kappa shape index (κ3) is 4.35. The van der Waals surface area contributed by atoms with E-state index in [0.717, 1.165) is 25.2 Å². The average Bonchev–Trinajstić information content (AvgIpc) is 2.98. The van der Waals surface area contributed by atoms with E-state index >= 15 is 0 Å². The molecule has 0 unspecified atom stereocenters. The first kappa shape index (κ1) is 14.5. The van der Waals surface area contributed by atoms with Crippen LogP contribution in [0.2, 0.25) is 0 Å². The van der Waals surface area contributed by atoms with Crippen LogP contribution >= 0.6 is 11.3 Å². The molecule has 0 saturated carbocycles. The van der Waals surface area contributed by atoms with Crippen molar-refractivity contribution in [2.45, 2.75) is 19.8 Å². The third-order valence-corrected chi connectivity index (χ3v) is 3.59. The molecule has 0 saturated heterocycles. The third-order valence-electron chi connectivity index (χ3n) is 2.86. The van der Waals surface area contributed by atoms with Gasteiger partial charge in [-0.1, -0.05) is 6.92 Å². The fraction of sp³-hybridized carbons (Fsp3) is 0.333. The number of amides is 1. The second-order valence-corrected chi connectivity index (χ2v) is 5.27. The molecule has 2 N–H and O–H groups in total. The Bertz CT molecular complexity index is 540. The van der Waals surface area contributed by atoms with E-state index in [4.69, 9.17) is 0 Å². The van der Waals surface area contributed by atoms with Gasteiger partial charge in [-0.3, -0.25) is 4.79 Å². The Morgan fingerprint density at radius 2 is 2.25 bits per heavy atom. The Morgan fingerprint density at radius 3 is 3.00 bits per heavy atom. The van der Waals surface area contributed by atoms with Crippen molar-refractivity contribution in [2.75, 3.05) is 18.4 Å². The van der Waals surface area contributed by atoms with Crippen LogP contribution in [0.4, 0.5) is 5.82 Å². The van der Waals surface area contributed by atoms with Crippen LogP contribution in [0.25, 0.3) is 0 Å². The number of nitrogens with one attached hydrogen (secondary N) is 2. The van der Waals surface area contributed by atoms with E-state index in [0.29, 0.717) is 12.1 Å². The lowest BCUT2D eigenvalue weighted by molar-refractivity contribution is 0.0954. The summed E-state index contributed by atoms with van der Waals surface area (Å²) in [6.45, 7) is 3.60. The molecule has 20 heavy (non-hydrogen) atoms. The zero-order chi connectivity index (χ0) is 14.2. The number of thiophene rings is 1. The van der Waals surface area contributed by atoms with Crippen LogP contribution in [-0.4, -0.2) is 24.0 Å². The quantitative estimate of drug-likeness (QED) is 0.824. The molecular weight excluding hydrogens is 270 g/mol. The topological polar surface area (TPSA) is 54.0 Å². The molecule has 4 nitrogen and oxygen atoms in total. The molecule has 0 radical (unpaired) electrons. The van der Waals surface area contributed by atoms with Gasteiger partial charge in [-0.15, -0.1) is 0 Å².